The van der Waals surface area contributed by atoms with Crippen molar-refractivity contribution >= 4 is 12.0 Å². The van der Waals surface area contributed by atoms with Crippen molar-refractivity contribution < 1.29 is 13.9 Å². The lowest BCUT2D eigenvalue weighted by molar-refractivity contribution is 0.0518. The first-order valence-corrected chi connectivity index (χ1v) is 7.05. The Morgan fingerprint density at radius 1 is 1.33 bits per heavy atom. The van der Waals surface area contributed by atoms with Gasteiger partial charge in [-0.1, -0.05) is 36.4 Å². The van der Waals surface area contributed by atoms with Crippen molar-refractivity contribution in [3.8, 4) is 0 Å². The number of hydrogen-bond acceptors (Lipinski definition) is 4. The van der Waals surface area contributed by atoms with Crippen molar-refractivity contribution in [3.05, 3.63) is 59.3 Å². The van der Waals surface area contributed by atoms with E-state index in [-0.39, 0.29) is 5.69 Å². The average molecular weight is 285 g/mol. The molecule has 0 atom stereocenters. The van der Waals surface area contributed by atoms with Gasteiger partial charge in [-0.3, -0.25) is 0 Å². The molecule has 0 spiro atoms. The molecule has 0 N–H and O–H groups in total. The Morgan fingerprint density at radius 3 is 2.81 bits per heavy atom. The number of hydrogen-bond donors (Lipinski definition) is 0. The molecular weight excluding hydrogens is 266 g/mol. The predicted octanol–water partition coefficient (Wildman–Crippen LogP) is 3.81. The maximum atomic E-state index is 11.6. The molecule has 0 fully saturated rings. The highest BCUT2D eigenvalue weighted by Gasteiger charge is 2.16. The van der Waals surface area contributed by atoms with Gasteiger partial charge in [-0.15, -0.1) is 0 Å². The van der Waals surface area contributed by atoms with Crippen LogP contribution in [0.15, 0.2) is 40.8 Å². The fraction of sp³-hybridized carbons (Fsp3) is 0.294. The van der Waals surface area contributed by atoms with Gasteiger partial charge in [-0.25, -0.2) is 9.78 Å². The summed E-state index contributed by atoms with van der Waals surface area (Å²) in [5.74, 6) is 0.474. The van der Waals surface area contributed by atoms with Crippen molar-refractivity contribution in [1.82, 2.24) is 4.98 Å². The fourth-order valence-electron chi connectivity index (χ4n) is 1.96. The number of allylic oxidation sites excluding steroid dienone is 1. The number of rotatable bonds is 6. The van der Waals surface area contributed by atoms with E-state index in [9.17, 15) is 4.79 Å². The number of carbonyl (C=O) groups excluding carboxylic acids is 1. The van der Waals surface area contributed by atoms with Gasteiger partial charge in [-0.2, -0.15) is 0 Å². The van der Waals surface area contributed by atoms with E-state index in [1.807, 2.05) is 24.3 Å². The number of carbonyl (C=O) groups is 1. The van der Waals surface area contributed by atoms with E-state index >= 15 is 0 Å². The smallest absolute Gasteiger partial charge is 0.360 e. The standard InChI is InChI=1S/C17H19NO3/c1-3-20-17(19)16-13(2)21-15(18-16)12-8-7-11-14-9-5-4-6-10-14/h4-6,8-10,12H,3,7,11H2,1-2H3/b12-8-. The van der Waals surface area contributed by atoms with Crippen LogP contribution in [0.3, 0.4) is 0 Å². The van der Waals surface area contributed by atoms with Crippen LogP contribution in [0.5, 0.6) is 0 Å². The van der Waals surface area contributed by atoms with E-state index in [0.29, 0.717) is 18.3 Å². The topological polar surface area (TPSA) is 52.3 Å². The fourth-order valence-corrected chi connectivity index (χ4v) is 1.96. The third kappa shape index (κ3) is 4.31. The van der Waals surface area contributed by atoms with Gasteiger partial charge in [0.05, 0.1) is 6.61 Å². The molecule has 0 amide bonds. The molecule has 110 valence electrons. The van der Waals surface area contributed by atoms with Gasteiger partial charge in [-0.05, 0) is 38.3 Å². The summed E-state index contributed by atoms with van der Waals surface area (Å²) in [6, 6.07) is 10.3. The van der Waals surface area contributed by atoms with Crippen LogP contribution < -0.4 is 0 Å². The summed E-state index contributed by atoms with van der Waals surface area (Å²) >= 11 is 0. The maximum absolute atomic E-state index is 11.6. The predicted molar refractivity (Wildman–Crippen MR) is 81.0 cm³/mol. The molecule has 1 heterocycles. The molecule has 0 radical (unpaired) electrons. The Hall–Kier alpha value is -2.36. The van der Waals surface area contributed by atoms with E-state index in [0.717, 1.165) is 12.8 Å². The first kappa shape index (κ1) is 15.0. The highest BCUT2D eigenvalue weighted by molar-refractivity contribution is 5.88. The SMILES string of the molecule is CCOC(=O)c1nc(/C=C\CCc2ccccc2)oc1C. The number of esters is 1. The molecule has 0 aliphatic carbocycles. The average Bonchev–Trinajstić information content (AvgIpc) is 2.86. The normalized spacial score (nSPS) is 11.0. The van der Waals surface area contributed by atoms with Crippen molar-refractivity contribution in [1.29, 1.82) is 0 Å². The molecule has 0 saturated heterocycles. The molecule has 21 heavy (non-hydrogen) atoms. The highest BCUT2D eigenvalue weighted by Crippen LogP contribution is 2.13. The Morgan fingerprint density at radius 2 is 2.10 bits per heavy atom. The summed E-state index contributed by atoms with van der Waals surface area (Å²) in [6.45, 7) is 3.80. The summed E-state index contributed by atoms with van der Waals surface area (Å²) in [5.41, 5.74) is 1.54. The molecule has 1 aromatic heterocycles. The van der Waals surface area contributed by atoms with Crippen molar-refractivity contribution in [2.24, 2.45) is 0 Å². The Balaban J connectivity index is 1.92. The summed E-state index contributed by atoms with van der Waals surface area (Å²) in [5, 5.41) is 0. The summed E-state index contributed by atoms with van der Waals surface area (Å²) in [4.78, 5) is 15.8. The monoisotopic (exact) mass is 285 g/mol. The van der Waals surface area contributed by atoms with Gasteiger partial charge in [0.15, 0.2) is 5.69 Å². The van der Waals surface area contributed by atoms with Gasteiger partial charge in [0, 0.05) is 0 Å². The van der Waals surface area contributed by atoms with Crippen molar-refractivity contribution in [2.75, 3.05) is 6.61 Å². The van der Waals surface area contributed by atoms with E-state index in [2.05, 4.69) is 17.1 Å². The van der Waals surface area contributed by atoms with E-state index < -0.39 is 5.97 Å². The van der Waals surface area contributed by atoms with Gasteiger partial charge in [0.1, 0.15) is 5.76 Å². The van der Waals surface area contributed by atoms with Gasteiger partial charge < -0.3 is 9.15 Å². The maximum Gasteiger partial charge on any atom is 0.360 e. The molecule has 0 aliphatic heterocycles. The molecular formula is C17H19NO3. The Bertz CT molecular complexity index is 614. The second kappa shape index (κ2) is 7.43. The lowest BCUT2D eigenvalue weighted by Crippen LogP contribution is -2.06. The molecule has 2 rings (SSSR count). The van der Waals surface area contributed by atoms with Crippen LogP contribution >= 0.6 is 0 Å². The quantitative estimate of drug-likeness (QED) is 0.757. The number of aromatic nitrogens is 1. The molecule has 0 unspecified atom stereocenters. The molecule has 2 aromatic rings. The number of oxazole rings is 1. The molecule has 4 nitrogen and oxygen atoms in total. The van der Waals surface area contributed by atoms with Crippen LogP contribution in [0.1, 0.15) is 41.0 Å². The number of nitrogens with zero attached hydrogens (tertiary/aromatic N) is 1. The minimum Gasteiger partial charge on any atom is -0.461 e. The largest absolute Gasteiger partial charge is 0.461 e. The van der Waals surface area contributed by atoms with Crippen molar-refractivity contribution in [3.63, 3.8) is 0 Å². The number of aryl methyl sites for hydroxylation is 2. The highest BCUT2D eigenvalue weighted by atomic mass is 16.5. The number of benzene rings is 1. The second-order valence-corrected chi connectivity index (χ2v) is 4.60. The van der Waals surface area contributed by atoms with Gasteiger partial charge in [0.2, 0.25) is 5.89 Å². The molecule has 1 aromatic carbocycles. The first-order valence-electron chi connectivity index (χ1n) is 7.05. The summed E-state index contributed by atoms with van der Waals surface area (Å²) in [6.07, 6.45) is 5.63. The molecule has 4 heteroatoms. The Kier molecular flexibility index (Phi) is 5.32. The van der Waals surface area contributed by atoms with E-state index in [1.165, 1.54) is 5.56 Å². The molecule has 0 saturated carbocycles. The van der Waals surface area contributed by atoms with Crippen LogP contribution in [0.2, 0.25) is 0 Å². The zero-order valence-electron chi connectivity index (χ0n) is 12.3. The first-order chi connectivity index (χ1) is 10.2. The zero-order chi connectivity index (χ0) is 15.1. The van der Waals surface area contributed by atoms with Crippen LogP contribution in [0.25, 0.3) is 6.08 Å². The Labute approximate surface area is 124 Å². The number of ether oxygens (including phenoxy) is 1. The summed E-state index contributed by atoms with van der Waals surface area (Å²) in [7, 11) is 0. The minimum atomic E-state index is -0.442. The minimum absolute atomic E-state index is 0.250. The van der Waals surface area contributed by atoms with Crippen LogP contribution in [-0.4, -0.2) is 17.6 Å². The van der Waals surface area contributed by atoms with Crippen LogP contribution in [-0.2, 0) is 11.2 Å². The molecule has 0 bridgehead atoms. The van der Waals surface area contributed by atoms with Gasteiger partial charge in [0.25, 0.3) is 0 Å². The van der Waals surface area contributed by atoms with E-state index in [4.69, 9.17) is 9.15 Å². The third-order valence-corrected chi connectivity index (χ3v) is 2.98. The van der Waals surface area contributed by atoms with Crippen molar-refractivity contribution in [2.45, 2.75) is 26.7 Å². The van der Waals surface area contributed by atoms with Crippen LogP contribution in [0, 0.1) is 6.92 Å². The zero-order valence-corrected chi connectivity index (χ0v) is 12.3. The lowest BCUT2D eigenvalue weighted by Gasteiger charge is -1.96. The van der Waals surface area contributed by atoms with Crippen LogP contribution in [0.4, 0.5) is 0 Å². The van der Waals surface area contributed by atoms with Gasteiger partial charge >= 0.3 is 5.97 Å². The van der Waals surface area contributed by atoms with E-state index in [1.54, 1.807) is 19.9 Å². The molecule has 0 aliphatic rings. The second-order valence-electron chi connectivity index (χ2n) is 4.60. The summed E-state index contributed by atoms with van der Waals surface area (Å²) < 4.78 is 10.4. The third-order valence-electron chi connectivity index (χ3n) is 2.98. The lowest BCUT2D eigenvalue weighted by atomic mass is 10.1.